The van der Waals surface area contributed by atoms with Gasteiger partial charge >= 0.3 is 0 Å². The van der Waals surface area contributed by atoms with Crippen LogP contribution in [0.4, 0.5) is 0 Å². The average molecular weight is 130 g/mol. The minimum absolute atomic E-state index is 0.741. The molecule has 8 heavy (non-hydrogen) atoms. The topological polar surface area (TPSA) is 0 Å². The lowest BCUT2D eigenvalue weighted by Crippen LogP contribution is -1.95. The number of rotatable bonds is 2. The zero-order valence-corrected chi connectivity index (χ0v) is 6.49. The highest BCUT2D eigenvalue weighted by Gasteiger charge is 2.36. The molecule has 0 aromatic carbocycles. The summed E-state index contributed by atoms with van der Waals surface area (Å²) in [6, 6.07) is 0. The summed E-state index contributed by atoms with van der Waals surface area (Å²) in [4.78, 5) is 0. The van der Waals surface area contributed by atoms with Crippen LogP contribution in [0.15, 0.2) is 0 Å². The Balaban J connectivity index is 2.18. The molecule has 3 atom stereocenters. The number of thiol groups is 1. The normalized spacial score (nSPS) is 39.4. The van der Waals surface area contributed by atoms with Gasteiger partial charge in [0.25, 0.3) is 0 Å². The molecule has 1 fully saturated rings. The predicted octanol–water partition coefficient (Wildman–Crippen LogP) is 2.35. The van der Waals surface area contributed by atoms with E-state index in [1.165, 1.54) is 12.8 Å². The van der Waals surface area contributed by atoms with E-state index in [-0.39, 0.29) is 0 Å². The van der Waals surface area contributed by atoms with Gasteiger partial charge in [-0.1, -0.05) is 20.3 Å². The summed E-state index contributed by atoms with van der Waals surface area (Å²) in [6.45, 7) is 4.57. The Kier molecular flexibility index (Phi) is 1.86. The molecule has 48 valence electrons. The minimum Gasteiger partial charge on any atom is -0.176 e. The van der Waals surface area contributed by atoms with Gasteiger partial charge in [0.1, 0.15) is 0 Å². The molecule has 1 aliphatic carbocycles. The van der Waals surface area contributed by atoms with Crippen LogP contribution < -0.4 is 0 Å². The van der Waals surface area contributed by atoms with Crippen molar-refractivity contribution in [2.24, 2.45) is 11.8 Å². The lowest BCUT2D eigenvalue weighted by Gasteiger charge is -2.03. The van der Waals surface area contributed by atoms with Gasteiger partial charge in [-0.05, 0) is 18.3 Å². The van der Waals surface area contributed by atoms with E-state index in [2.05, 4.69) is 26.5 Å². The van der Waals surface area contributed by atoms with Crippen LogP contribution in [0.1, 0.15) is 26.7 Å². The van der Waals surface area contributed by atoms with E-state index >= 15 is 0 Å². The Hall–Kier alpha value is 0.350. The fourth-order valence-corrected chi connectivity index (χ4v) is 1.65. The van der Waals surface area contributed by atoms with Crippen LogP contribution in [0.3, 0.4) is 0 Å². The highest BCUT2D eigenvalue weighted by molar-refractivity contribution is 7.81. The standard InChI is InChI=1S/C7H14S/c1-3-5(2)6-4-7(6)8/h5-8H,3-4H2,1-2H3/t5?,6-,7?/m1/s1. The Bertz CT molecular complexity index is 78.5. The van der Waals surface area contributed by atoms with E-state index in [0.29, 0.717) is 0 Å². The van der Waals surface area contributed by atoms with E-state index in [1.807, 2.05) is 0 Å². The molecular weight excluding hydrogens is 116 g/mol. The van der Waals surface area contributed by atoms with Crippen LogP contribution in [0.5, 0.6) is 0 Å². The summed E-state index contributed by atoms with van der Waals surface area (Å²) in [5.41, 5.74) is 0. The maximum Gasteiger partial charge on any atom is 0.00511 e. The molecular formula is C7H14S. The summed E-state index contributed by atoms with van der Waals surface area (Å²) in [6.07, 6.45) is 2.68. The monoisotopic (exact) mass is 130 g/mol. The van der Waals surface area contributed by atoms with Gasteiger partial charge < -0.3 is 0 Å². The van der Waals surface area contributed by atoms with Gasteiger partial charge in [0.2, 0.25) is 0 Å². The lowest BCUT2D eigenvalue weighted by atomic mass is 10.0. The Morgan fingerprint density at radius 3 is 2.38 bits per heavy atom. The smallest absolute Gasteiger partial charge is 0.00511 e. The summed E-state index contributed by atoms with van der Waals surface area (Å²) in [5.74, 6) is 1.86. The van der Waals surface area contributed by atoms with Crippen LogP contribution in [0, 0.1) is 11.8 Å². The van der Waals surface area contributed by atoms with Crippen molar-refractivity contribution < 1.29 is 0 Å². The SMILES string of the molecule is CCC(C)[C@H]1CC1S. The second-order valence-corrected chi connectivity index (χ2v) is 3.52. The Morgan fingerprint density at radius 1 is 1.75 bits per heavy atom. The van der Waals surface area contributed by atoms with Gasteiger partial charge in [0, 0.05) is 5.25 Å². The zero-order chi connectivity index (χ0) is 6.15. The first kappa shape index (κ1) is 6.47. The number of hydrogen-bond donors (Lipinski definition) is 1. The van der Waals surface area contributed by atoms with Crippen LogP contribution in [0.25, 0.3) is 0 Å². The van der Waals surface area contributed by atoms with Crippen LogP contribution in [-0.4, -0.2) is 5.25 Å². The van der Waals surface area contributed by atoms with E-state index in [9.17, 15) is 0 Å². The zero-order valence-electron chi connectivity index (χ0n) is 5.59. The third-order valence-corrected chi connectivity index (χ3v) is 2.77. The molecule has 1 saturated carbocycles. The predicted molar refractivity (Wildman–Crippen MR) is 40.3 cm³/mol. The minimum atomic E-state index is 0.741. The van der Waals surface area contributed by atoms with Crippen molar-refractivity contribution in [3.05, 3.63) is 0 Å². The average Bonchev–Trinajstić information content (AvgIpc) is 2.45. The van der Waals surface area contributed by atoms with Gasteiger partial charge in [0.05, 0.1) is 0 Å². The molecule has 2 unspecified atom stereocenters. The van der Waals surface area contributed by atoms with Gasteiger partial charge in [-0.2, -0.15) is 12.6 Å². The third-order valence-electron chi connectivity index (χ3n) is 2.18. The molecule has 1 heteroatoms. The van der Waals surface area contributed by atoms with Crippen molar-refractivity contribution in [1.82, 2.24) is 0 Å². The summed E-state index contributed by atoms with van der Waals surface area (Å²) >= 11 is 4.37. The Morgan fingerprint density at radius 2 is 2.25 bits per heavy atom. The van der Waals surface area contributed by atoms with Crippen molar-refractivity contribution >= 4 is 12.6 Å². The van der Waals surface area contributed by atoms with Crippen molar-refractivity contribution in [3.63, 3.8) is 0 Å². The molecule has 0 amide bonds. The quantitative estimate of drug-likeness (QED) is 0.545. The molecule has 0 spiro atoms. The van der Waals surface area contributed by atoms with E-state index in [1.54, 1.807) is 0 Å². The van der Waals surface area contributed by atoms with Crippen molar-refractivity contribution in [2.75, 3.05) is 0 Å². The number of hydrogen-bond acceptors (Lipinski definition) is 1. The van der Waals surface area contributed by atoms with Gasteiger partial charge in [-0.25, -0.2) is 0 Å². The van der Waals surface area contributed by atoms with E-state index in [4.69, 9.17) is 0 Å². The molecule has 1 aliphatic rings. The third kappa shape index (κ3) is 1.19. The van der Waals surface area contributed by atoms with Crippen molar-refractivity contribution in [1.29, 1.82) is 0 Å². The maximum atomic E-state index is 4.37. The first-order valence-electron chi connectivity index (χ1n) is 3.43. The second kappa shape index (κ2) is 2.30. The molecule has 0 aromatic rings. The summed E-state index contributed by atoms with van der Waals surface area (Å²) in [7, 11) is 0. The first-order valence-corrected chi connectivity index (χ1v) is 3.95. The van der Waals surface area contributed by atoms with E-state index < -0.39 is 0 Å². The van der Waals surface area contributed by atoms with Crippen molar-refractivity contribution in [3.8, 4) is 0 Å². The van der Waals surface area contributed by atoms with Crippen LogP contribution in [-0.2, 0) is 0 Å². The summed E-state index contributed by atoms with van der Waals surface area (Å²) < 4.78 is 0. The molecule has 0 heterocycles. The van der Waals surface area contributed by atoms with Gasteiger partial charge in [-0.3, -0.25) is 0 Å². The fourth-order valence-electron chi connectivity index (χ4n) is 1.11. The van der Waals surface area contributed by atoms with Crippen molar-refractivity contribution in [2.45, 2.75) is 31.9 Å². The molecule has 0 nitrogen and oxygen atoms in total. The molecule has 0 bridgehead atoms. The molecule has 1 rings (SSSR count). The molecule has 0 aromatic heterocycles. The fraction of sp³-hybridized carbons (Fsp3) is 1.00. The maximum absolute atomic E-state index is 4.37. The molecule has 0 N–H and O–H groups in total. The largest absolute Gasteiger partial charge is 0.176 e. The highest BCUT2D eigenvalue weighted by atomic mass is 32.1. The van der Waals surface area contributed by atoms with Gasteiger partial charge in [0.15, 0.2) is 0 Å². The van der Waals surface area contributed by atoms with Gasteiger partial charge in [-0.15, -0.1) is 0 Å². The first-order chi connectivity index (χ1) is 3.75. The molecule has 0 aliphatic heterocycles. The molecule has 0 radical (unpaired) electrons. The van der Waals surface area contributed by atoms with Crippen LogP contribution in [0.2, 0.25) is 0 Å². The molecule has 0 saturated heterocycles. The summed E-state index contributed by atoms with van der Waals surface area (Å²) in [5, 5.41) is 0.741. The highest BCUT2D eigenvalue weighted by Crippen LogP contribution is 2.42. The van der Waals surface area contributed by atoms with E-state index in [0.717, 1.165) is 17.1 Å². The Labute approximate surface area is 57.1 Å². The second-order valence-electron chi connectivity index (χ2n) is 2.85. The lowest BCUT2D eigenvalue weighted by molar-refractivity contribution is 0.495. The van der Waals surface area contributed by atoms with Crippen LogP contribution >= 0.6 is 12.6 Å².